The van der Waals surface area contributed by atoms with E-state index in [1.807, 2.05) is 12.4 Å². The predicted octanol–water partition coefficient (Wildman–Crippen LogP) is 4.92. The van der Waals surface area contributed by atoms with Gasteiger partial charge in [-0.1, -0.05) is 31.9 Å². The van der Waals surface area contributed by atoms with Gasteiger partial charge in [-0.05, 0) is 55.2 Å². The van der Waals surface area contributed by atoms with Crippen molar-refractivity contribution in [1.29, 1.82) is 0 Å². The third kappa shape index (κ3) is 3.81. The fourth-order valence-corrected chi connectivity index (χ4v) is 3.65. The maximum Gasteiger partial charge on any atom is 0.335 e. The number of benzene rings is 1. The summed E-state index contributed by atoms with van der Waals surface area (Å²) in [6.45, 7) is 2.27. The summed E-state index contributed by atoms with van der Waals surface area (Å²) in [5.74, 6) is 1.22. The smallest absolute Gasteiger partial charge is 0.335 e. The molecule has 0 spiro atoms. The lowest BCUT2D eigenvalue weighted by Gasteiger charge is -2.28. The molecule has 1 aliphatic rings. The summed E-state index contributed by atoms with van der Waals surface area (Å²) < 4.78 is 0. The van der Waals surface area contributed by atoms with Gasteiger partial charge in [-0.2, -0.15) is 0 Å². The summed E-state index contributed by atoms with van der Waals surface area (Å²) in [6.07, 6.45) is 11.6. The number of hydrogen-bond acceptors (Lipinski definition) is 3. The normalized spacial score (nSPS) is 20.7. The minimum absolute atomic E-state index is 0.277. The van der Waals surface area contributed by atoms with Crippen LogP contribution < -0.4 is 0 Å². The van der Waals surface area contributed by atoms with E-state index < -0.39 is 5.97 Å². The number of nitrogens with zero attached hydrogens (tertiary/aromatic N) is 2. The van der Waals surface area contributed by atoms with Crippen LogP contribution in [0.3, 0.4) is 0 Å². The van der Waals surface area contributed by atoms with Crippen LogP contribution in [0.25, 0.3) is 11.4 Å². The van der Waals surface area contributed by atoms with Crippen LogP contribution >= 0.6 is 0 Å². The molecule has 0 amide bonds. The topological polar surface area (TPSA) is 63.1 Å². The van der Waals surface area contributed by atoms with Crippen molar-refractivity contribution >= 4 is 5.97 Å². The molecule has 1 fully saturated rings. The van der Waals surface area contributed by atoms with Gasteiger partial charge in [0.1, 0.15) is 0 Å². The Labute approximate surface area is 143 Å². The summed E-state index contributed by atoms with van der Waals surface area (Å²) >= 11 is 0. The van der Waals surface area contributed by atoms with Crippen LogP contribution in [0.5, 0.6) is 0 Å². The van der Waals surface area contributed by atoms with Crippen molar-refractivity contribution in [1.82, 2.24) is 9.97 Å². The zero-order chi connectivity index (χ0) is 16.9. The number of aromatic carboxylic acids is 1. The highest BCUT2D eigenvalue weighted by atomic mass is 16.4. The molecule has 1 heterocycles. The molecule has 1 aromatic heterocycles. The Hall–Kier alpha value is -2.23. The number of carboxylic acids is 1. The molecule has 0 atom stereocenters. The summed E-state index contributed by atoms with van der Waals surface area (Å²) in [6, 6.07) is 6.69. The first-order chi connectivity index (χ1) is 11.7. The first kappa shape index (κ1) is 16.6. The van der Waals surface area contributed by atoms with Gasteiger partial charge in [0.2, 0.25) is 0 Å². The Morgan fingerprint density at radius 1 is 1.08 bits per heavy atom. The molecule has 0 aliphatic heterocycles. The number of carboxylic acid groups (broad SMARTS) is 1. The molecule has 2 aromatic rings. The van der Waals surface area contributed by atoms with Crippen molar-refractivity contribution in [3.8, 4) is 11.4 Å². The molecular weight excluding hydrogens is 300 g/mol. The molecule has 1 aliphatic carbocycles. The van der Waals surface area contributed by atoms with Gasteiger partial charge in [-0.25, -0.2) is 14.8 Å². The number of hydrogen-bond donors (Lipinski definition) is 1. The molecule has 4 heteroatoms. The van der Waals surface area contributed by atoms with E-state index in [0.717, 1.165) is 11.5 Å². The fraction of sp³-hybridized carbons (Fsp3) is 0.450. The van der Waals surface area contributed by atoms with Crippen LogP contribution in [0.1, 0.15) is 67.3 Å². The predicted molar refractivity (Wildman–Crippen MR) is 94.0 cm³/mol. The van der Waals surface area contributed by atoms with E-state index in [0.29, 0.717) is 11.7 Å². The monoisotopic (exact) mass is 324 g/mol. The van der Waals surface area contributed by atoms with E-state index in [9.17, 15) is 4.79 Å². The van der Waals surface area contributed by atoms with E-state index in [1.165, 1.54) is 44.1 Å². The summed E-state index contributed by atoms with van der Waals surface area (Å²) in [5.41, 5.74) is 2.35. The average molecular weight is 324 g/mol. The maximum atomic E-state index is 10.9. The second-order valence-electron chi connectivity index (χ2n) is 6.73. The Balaban J connectivity index is 1.66. The van der Waals surface area contributed by atoms with E-state index in [2.05, 4.69) is 16.9 Å². The molecule has 4 nitrogen and oxygen atoms in total. The number of rotatable bonds is 5. The molecule has 1 saturated carbocycles. The zero-order valence-corrected chi connectivity index (χ0v) is 14.1. The van der Waals surface area contributed by atoms with Gasteiger partial charge in [0.15, 0.2) is 5.82 Å². The molecule has 0 radical (unpaired) electrons. The molecular formula is C20H24N2O2. The second kappa shape index (κ2) is 7.56. The summed E-state index contributed by atoms with van der Waals surface area (Å²) in [5, 5.41) is 8.95. The maximum absolute atomic E-state index is 10.9. The quantitative estimate of drug-likeness (QED) is 0.848. The molecule has 3 rings (SSSR count). The minimum atomic E-state index is -0.920. The van der Waals surface area contributed by atoms with Crippen molar-refractivity contribution in [3.05, 3.63) is 47.8 Å². The van der Waals surface area contributed by atoms with Gasteiger partial charge in [0.05, 0.1) is 5.56 Å². The third-order valence-corrected chi connectivity index (χ3v) is 5.08. The Morgan fingerprint density at radius 2 is 1.71 bits per heavy atom. The van der Waals surface area contributed by atoms with Gasteiger partial charge in [0, 0.05) is 18.0 Å². The van der Waals surface area contributed by atoms with Crippen molar-refractivity contribution in [3.63, 3.8) is 0 Å². The van der Waals surface area contributed by atoms with Crippen molar-refractivity contribution in [2.45, 2.75) is 51.4 Å². The first-order valence-corrected chi connectivity index (χ1v) is 8.83. The molecule has 0 saturated heterocycles. The summed E-state index contributed by atoms with van der Waals surface area (Å²) in [4.78, 5) is 19.9. The van der Waals surface area contributed by atoms with Crippen LogP contribution in [0.2, 0.25) is 0 Å². The highest BCUT2D eigenvalue weighted by molar-refractivity contribution is 5.88. The second-order valence-corrected chi connectivity index (χ2v) is 6.73. The number of carbonyl (C=O) groups is 1. The standard InChI is InChI=1S/C20H24N2O2/c1-2-3-14-4-6-15(7-5-14)18-12-21-19(22-13-18)16-8-10-17(11-9-16)20(23)24/h8-15H,2-7H2,1H3,(H,23,24). The summed E-state index contributed by atoms with van der Waals surface area (Å²) in [7, 11) is 0. The van der Waals surface area contributed by atoms with Gasteiger partial charge in [0.25, 0.3) is 0 Å². The SMILES string of the molecule is CCCC1CCC(c2cnc(-c3ccc(C(=O)O)cc3)nc2)CC1. The lowest BCUT2D eigenvalue weighted by Crippen LogP contribution is -2.13. The fourth-order valence-electron chi connectivity index (χ4n) is 3.65. The lowest BCUT2D eigenvalue weighted by atomic mass is 9.78. The molecule has 24 heavy (non-hydrogen) atoms. The van der Waals surface area contributed by atoms with Gasteiger partial charge in [-0.15, -0.1) is 0 Å². The van der Waals surface area contributed by atoms with Gasteiger partial charge in [-0.3, -0.25) is 0 Å². The highest BCUT2D eigenvalue weighted by Crippen LogP contribution is 2.37. The third-order valence-electron chi connectivity index (χ3n) is 5.08. The highest BCUT2D eigenvalue weighted by Gasteiger charge is 2.22. The van der Waals surface area contributed by atoms with Gasteiger partial charge < -0.3 is 5.11 Å². The van der Waals surface area contributed by atoms with E-state index >= 15 is 0 Å². The Kier molecular flexibility index (Phi) is 5.24. The van der Waals surface area contributed by atoms with E-state index in [-0.39, 0.29) is 5.56 Å². The molecule has 1 aromatic carbocycles. The van der Waals surface area contributed by atoms with E-state index in [4.69, 9.17) is 5.11 Å². The first-order valence-electron chi connectivity index (χ1n) is 8.83. The van der Waals surface area contributed by atoms with Crippen LogP contribution in [-0.4, -0.2) is 21.0 Å². The molecule has 0 bridgehead atoms. The largest absolute Gasteiger partial charge is 0.478 e. The van der Waals surface area contributed by atoms with Crippen LogP contribution in [0.4, 0.5) is 0 Å². The Bertz CT molecular complexity index is 672. The molecule has 1 N–H and O–H groups in total. The van der Waals surface area contributed by atoms with Gasteiger partial charge >= 0.3 is 5.97 Å². The lowest BCUT2D eigenvalue weighted by molar-refractivity contribution is 0.0697. The number of aromatic nitrogens is 2. The minimum Gasteiger partial charge on any atom is -0.478 e. The Morgan fingerprint density at radius 3 is 2.25 bits per heavy atom. The van der Waals surface area contributed by atoms with E-state index in [1.54, 1.807) is 24.3 Å². The van der Waals surface area contributed by atoms with Crippen LogP contribution in [0, 0.1) is 5.92 Å². The van der Waals surface area contributed by atoms with Crippen molar-refractivity contribution in [2.24, 2.45) is 5.92 Å². The average Bonchev–Trinajstić information content (AvgIpc) is 2.63. The molecule has 0 unspecified atom stereocenters. The van der Waals surface area contributed by atoms with Crippen molar-refractivity contribution < 1.29 is 9.90 Å². The molecule has 126 valence electrons. The van der Waals surface area contributed by atoms with Crippen LogP contribution in [-0.2, 0) is 0 Å². The van der Waals surface area contributed by atoms with Crippen LogP contribution in [0.15, 0.2) is 36.7 Å². The van der Waals surface area contributed by atoms with Crippen molar-refractivity contribution in [2.75, 3.05) is 0 Å². The zero-order valence-electron chi connectivity index (χ0n) is 14.1.